The highest BCUT2D eigenvalue weighted by atomic mass is 35.5. The summed E-state index contributed by atoms with van der Waals surface area (Å²) in [4.78, 5) is 14.2. The van der Waals surface area contributed by atoms with E-state index in [-0.39, 0.29) is 35.0 Å². The van der Waals surface area contributed by atoms with E-state index in [4.69, 9.17) is 16.3 Å². The molecule has 0 radical (unpaired) electrons. The van der Waals surface area contributed by atoms with Gasteiger partial charge in [0.05, 0.1) is 24.2 Å². The van der Waals surface area contributed by atoms with Gasteiger partial charge in [0.2, 0.25) is 15.9 Å². The van der Waals surface area contributed by atoms with Crippen LogP contribution < -0.4 is 4.74 Å². The molecular formula is C16H23ClN2O4S. The molecule has 1 saturated heterocycles. The van der Waals surface area contributed by atoms with Gasteiger partial charge in [-0.05, 0) is 39.8 Å². The van der Waals surface area contributed by atoms with E-state index in [9.17, 15) is 13.2 Å². The van der Waals surface area contributed by atoms with Crippen molar-refractivity contribution in [2.24, 2.45) is 0 Å². The fourth-order valence-corrected chi connectivity index (χ4v) is 5.27. The summed E-state index contributed by atoms with van der Waals surface area (Å²) in [7, 11) is -2.45. The Kier molecular flexibility index (Phi) is 5.18. The van der Waals surface area contributed by atoms with Crippen LogP contribution in [0.25, 0.3) is 0 Å². The van der Waals surface area contributed by atoms with Crippen molar-refractivity contribution in [1.82, 2.24) is 9.21 Å². The molecule has 0 N–H and O–H groups in total. The first-order valence-corrected chi connectivity index (χ1v) is 9.48. The summed E-state index contributed by atoms with van der Waals surface area (Å²) >= 11 is 6.09. The largest absolute Gasteiger partial charge is 0.497 e. The van der Waals surface area contributed by atoms with Crippen LogP contribution in [-0.2, 0) is 14.8 Å². The van der Waals surface area contributed by atoms with Crippen molar-refractivity contribution in [3.05, 3.63) is 23.2 Å². The molecule has 0 atom stereocenters. The first kappa shape index (κ1) is 19.0. The minimum absolute atomic E-state index is 0.00207. The van der Waals surface area contributed by atoms with Gasteiger partial charge >= 0.3 is 0 Å². The summed E-state index contributed by atoms with van der Waals surface area (Å²) in [5.41, 5.74) is -0.609. The second kappa shape index (κ2) is 6.54. The van der Waals surface area contributed by atoms with E-state index in [1.54, 1.807) is 11.0 Å². The molecule has 1 amide bonds. The van der Waals surface area contributed by atoms with Crippen LogP contribution in [0.1, 0.15) is 27.7 Å². The molecule has 1 heterocycles. The van der Waals surface area contributed by atoms with Gasteiger partial charge in [-0.3, -0.25) is 4.79 Å². The van der Waals surface area contributed by atoms with Crippen molar-refractivity contribution in [2.45, 2.75) is 44.2 Å². The quantitative estimate of drug-likeness (QED) is 0.811. The molecule has 6 nitrogen and oxygen atoms in total. The number of sulfonamides is 1. The smallest absolute Gasteiger partial charge is 0.245 e. The zero-order chi connectivity index (χ0) is 18.3. The molecule has 0 unspecified atom stereocenters. The molecule has 2 rings (SSSR count). The van der Waals surface area contributed by atoms with Gasteiger partial charge in [-0.1, -0.05) is 11.6 Å². The summed E-state index contributed by atoms with van der Waals surface area (Å²) in [5.74, 6) is 0.174. The van der Waals surface area contributed by atoms with Crippen molar-refractivity contribution in [3.63, 3.8) is 0 Å². The topological polar surface area (TPSA) is 66.9 Å². The summed E-state index contributed by atoms with van der Waals surface area (Å²) < 4.78 is 32.3. The van der Waals surface area contributed by atoms with Crippen molar-refractivity contribution in [2.75, 3.05) is 20.2 Å². The third-order valence-corrected chi connectivity index (χ3v) is 6.34. The second-order valence-electron chi connectivity index (χ2n) is 6.74. The van der Waals surface area contributed by atoms with E-state index < -0.39 is 15.6 Å². The minimum Gasteiger partial charge on any atom is -0.497 e. The van der Waals surface area contributed by atoms with Crippen LogP contribution in [0.2, 0.25) is 5.02 Å². The molecule has 24 heavy (non-hydrogen) atoms. The summed E-state index contributed by atoms with van der Waals surface area (Å²) in [6, 6.07) is 4.44. The highest BCUT2D eigenvalue weighted by molar-refractivity contribution is 7.89. The number of piperazine rings is 1. The Morgan fingerprint density at radius 2 is 1.92 bits per heavy atom. The minimum atomic E-state index is -3.90. The Labute approximate surface area is 148 Å². The maximum atomic E-state index is 13.0. The first-order valence-electron chi connectivity index (χ1n) is 7.66. The number of methoxy groups -OCH3 is 1. The molecular weight excluding hydrogens is 352 g/mol. The van der Waals surface area contributed by atoms with Crippen LogP contribution in [-0.4, -0.2) is 55.3 Å². The third-order valence-electron chi connectivity index (χ3n) is 4.07. The number of halogens is 1. The van der Waals surface area contributed by atoms with Crippen LogP contribution >= 0.6 is 11.6 Å². The Bertz CT molecular complexity index is 746. The molecule has 1 aromatic carbocycles. The normalized spacial score (nSPS) is 19.0. The lowest BCUT2D eigenvalue weighted by atomic mass is 9.98. The SMILES string of the molecule is COc1ccc(Cl)c(S(=O)(=O)N2CC(=O)N(C(C)C)C(C)(C)C2)c1. The molecule has 0 aliphatic carbocycles. The van der Waals surface area contributed by atoms with E-state index in [1.165, 1.54) is 23.5 Å². The Hall–Kier alpha value is -1.31. The number of hydrogen-bond acceptors (Lipinski definition) is 4. The number of benzene rings is 1. The monoisotopic (exact) mass is 374 g/mol. The van der Waals surface area contributed by atoms with Crippen LogP contribution in [0.3, 0.4) is 0 Å². The molecule has 1 aliphatic rings. The maximum absolute atomic E-state index is 13.0. The molecule has 134 valence electrons. The molecule has 0 saturated carbocycles. The van der Waals surface area contributed by atoms with Crippen LogP contribution in [0.4, 0.5) is 0 Å². The van der Waals surface area contributed by atoms with E-state index in [1.807, 2.05) is 27.7 Å². The molecule has 0 aromatic heterocycles. The lowest BCUT2D eigenvalue weighted by Gasteiger charge is -2.48. The Balaban J connectivity index is 2.43. The number of amides is 1. The van der Waals surface area contributed by atoms with E-state index in [2.05, 4.69) is 0 Å². The average molecular weight is 375 g/mol. The van der Waals surface area contributed by atoms with Gasteiger partial charge in [-0.15, -0.1) is 0 Å². The van der Waals surface area contributed by atoms with Gasteiger partial charge < -0.3 is 9.64 Å². The summed E-state index contributed by atoms with van der Waals surface area (Å²) in [5, 5.41) is 0.104. The van der Waals surface area contributed by atoms with Crippen molar-refractivity contribution in [1.29, 1.82) is 0 Å². The van der Waals surface area contributed by atoms with E-state index >= 15 is 0 Å². The lowest BCUT2D eigenvalue weighted by Crippen LogP contribution is -2.64. The van der Waals surface area contributed by atoms with E-state index in [0.29, 0.717) is 5.75 Å². The van der Waals surface area contributed by atoms with Gasteiger partial charge in [0.1, 0.15) is 10.6 Å². The fourth-order valence-electron chi connectivity index (χ4n) is 3.23. The van der Waals surface area contributed by atoms with Crippen LogP contribution in [0.15, 0.2) is 23.1 Å². The van der Waals surface area contributed by atoms with Crippen LogP contribution in [0, 0.1) is 0 Å². The molecule has 1 aromatic rings. The van der Waals surface area contributed by atoms with E-state index in [0.717, 1.165) is 0 Å². The zero-order valence-electron chi connectivity index (χ0n) is 14.5. The first-order chi connectivity index (χ1) is 11.0. The predicted octanol–water partition coefficient (Wildman–Crippen LogP) is 2.37. The number of rotatable bonds is 4. The van der Waals surface area contributed by atoms with Gasteiger partial charge in [0, 0.05) is 18.7 Å². The number of nitrogens with zero attached hydrogens (tertiary/aromatic N) is 2. The number of carbonyl (C=O) groups excluding carboxylic acids is 1. The van der Waals surface area contributed by atoms with Gasteiger partial charge in [-0.25, -0.2) is 8.42 Å². The van der Waals surface area contributed by atoms with Gasteiger partial charge in [0.15, 0.2) is 0 Å². The van der Waals surface area contributed by atoms with Crippen molar-refractivity contribution < 1.29 is 17.9 Å². The second-order valence-corrected chi connectivity index (χ2v) is 9.05. The van der Waals surface area contributed by atoms with Crippen molar-refractivity contribution in [3.8, 4) is 5.75 Å². The summed E-state index contributed by atoms with van der Waals surface area (Å²) in [6.07, 6.45) is 0. The number of hydrogen-bond donors (Lipinski definition) is 0. The van der Waals surface area contributed by atoms with Crippen LogP contribution in [0.5, 0.6) is 5.75 Å². The fraction of sp³-hybridized carbons (Fsp3) is 0.562. The zero-order valence-corrected chi connectivity index (χ0v) is 16.1. The van der Waals surface area contributed by atoms with Gasteiger partial charge in [0.25, 0.3) is 0 Å². The highest BCUT2D eigenvalue weighted by Crippen LogP contribution is 2.32. The number of ether oxygens (including phenoxy) is 1. The predicted molar refractivity (Wildman–Crippen MR) is 92.8 cm³/mol. The van der Waals surface area contributed by atoms with Crippen molar-refractivity contribution >= 4 is 27.5 Å². The summed E-state index contributed by atoms with van der Waals surface area (Å²) in [6.45, 7) is 7.56. The van der Waals surface area contributed by atoms with Gasteiger partial charge in [-0.2, -0.15) is 4.31 Å². The molecule has 1 fully saturated rings. The Morgan fingerprint density at radius 1 is 1.29 bits per heavy atom. The lowest BCUT2D eigenvalue weighted by molar-refractivity contribution is -0.144. The molecule has 8 heteroatoms. The highest BCUT2D eigenvalue weighted by Gasteiger charge is 2.44. The third kappa shape index (κ3) is 3.38. The number of carbonyl (C=O) groups is 1. The average Bonchev–Trinajstić information content (AvgIpc) is 2.45. The molecule has 1 aliphatic heterocycles. The standard InChI is InChI=1S/C16H23ClN2O4S/c1-11(2)19-15(20)9-18(10-16(19,3)4)24(21,22)14-8-12(23-5)6-7-13(14)17/h6-8,11H,9-10H2,1-5H3. The molecule has 0 bridgehead atoms. The molecule has 0 spiro atoms. The maximum Gasteiger partial charge on any atom is 0.245 e. The Morgan fingerprint density at radius 3 is 2.42 bits per heavy atom.